The molecule has 4 nitrogen and oxygen atoms in total. The summed E-state index contributed by atoms with van der Waals surface area (Å²) in [5, 5.41) is 12.8. The molecule has 7 heteroatoms. The zero-order chi connectivity index (χ0) is 17.0. The average Bonchev–Trinajstić information content (AvgIpc) is 2.54. The number of halogens is 3. The van der Waals surface area contributed by atoms with Crippen molar-refractivity contribution in [2.24, 2.45) is 5.16 Å². The highest BCUT2D eigenvalue weighted by atomic mass is 35.5. The summed E-state index contributed by atoms with van der Waals surface area (Å²) < 4.78 is 24.6. The van der Waals surface area contributed by atoms with Crippen molar-refractivity contribution in [2.75, 3.05) is 13.7 Å². The number of hydrogen-bond acceptors (Lipinski definition) is 4. The average molecular weight is 358 g/mol. The molecule has 0 bridgehead atoms. The molecule has 0 aliphatic heterocycles. The highest BCUT2D eigenvalue weighted by Crippen LogP contribution is 2.36. The standard InChI is InChI=1S/C16H14Cl2FNO3/c1-3-23-9-4-5-10(12(19)8-9)16(20-21)11-6-7-13(22-2)15(18)14(11)17/h4-8,21H,3H2,1-2H3/b20-16+. The molecule has 0 radical (unpaired) electrons. The second-order valence-corrected chi connectivity index (χ2v) is 5.22. The van der Waals surface area contributed by atoms with Gasteiger partial charge in [0.2, 0.25) is 0 Å². The van der Waals surface area contributed by atoms with E-state index in [-0.39, 0.29) is 26.9 Å². The number of rotatable bonds is 5. The fourth-order valence-electron chi connectivity index (χ4n) is 2.07. The first-order valence-corrected chi connectivity index (χ1v) is 7.46. The molecule has 0 atom stereocenters. The monoisotopic (exact) mass is 357 g/mol. The van der Waals surface area contributed by atoms with Crippen molar-refractivity contribution in [3.63, 3.8) is 0 Å². The highest BCUT2D eigenvalue weighted by molar-refractivity contribution is 6.45. The largest absolute Gasteiger partial charge is 0.495 e. The summed E-state index contributed by atoms with van der Waals surface area (Å²) in [7, 11) is 1.45. The van der Waals surface area contributed by atoms with Crippen molar-refractivity contribution in [3.05, 3.63) is 57.3 Å². The molecule has 0 unspecified atom stereocenters. The minimum Gasteiger partial charge on any atom is -0.495 e. The van der Waals surface area contributed by atoms with E-state index in [4.69, 9.17) is 32.7 Å². The van der Waals surface area contributed by atoms with Gasteiger partial charge in [-0.15, -0.1) is 0 Å². The molecule has 0 fully saturated rings. The van der Waals surface area contributed by atoms with Gasteiger partial charge in [-0.25, -0.2) is 4.39 Å². The zero-order valence-electron chi connectivity index (χ0n) is 12.4. The SMILES string of the molecule is CCOc1ccc(/C(=N\O)c2ccc(OC)c(Cl)c2Cl)c(F)c1. The summed E-state index contributed by atoms with van der Waals surface area (Å²) in [5.41, 5.74) is 0.308. The van der Waals surface area contributed by atoms with Crippen LogP contribution in [0.2, 0.25) is 10.0 Å². The van der Waals surface area contributed by atoms with Gasteiger partial charge in [-0.2, -0.15) is 0 Å². The van der Waals surface area contributed by atoms with E-state index in [2.05, 4.69) is 5.16 Å². The normalized spacial score (nSPS) is 11.4. The Morgan fingerprint density at radius 3 is 2.43 bits per heavy atom. The summed E-state index contributed by atoms with van der Waals surface area (Å²) in [4.78, 5) is 0. The lowest BCUT2D eigenvalue weighted by Gasteiger charge is -2.12. The summed E-state index contributed by atoms with van der Waals surface area (Å²) in [6, 6.07) is 7.33. The third kappa shape index (κ3) is 3.51. The molecule has 2 rings (SSSR count). The number of methoxy groups -OCH3 is 1. The lowest BCUT2D eigenvalue weighted by Crippen LogP contribution is -2.08. The minimum absolute atomic E-state index is 0.0416. The summed E-state index contributed by atoms with van der Waals surface area (Å²) >= 11 is 12.3. The van der Waals surface area contributed by atoms with E-state index in [1.807, 2.05) is 0 Å². The molecule has 0 amide bonds. The molecule has 122 valence electrons. The van der Waals surface area contributed by atoms with Crippen LogP contribution < -0.4 is 9.47 Å². The molecule has 0 aliphatic carbocycles. The van der Waals surface area contributed by atoms with Gasteiger partial charge < -0.3 is 14.7 Å². The lowest BCUT2D eigenvalue weighted by atomic mass is 10.0. The van der Waals surface area contributed by atoms with E-state index in [9.17, 15) is 9.60 Å². The number of hydrogen-bond donors (Lipinski definition) is 1. The summed E-state index contributed by atoms with van der Waals surface area (Å²) in [5.74, 6) is 0.140. The Morgan fingerprint density at radius 2 is 1.87 bits per heavy atom. The maximum atomic E-state index is 14.3. The van der Waals surface area contributed by atoms with Gasteiger partial charge in [-0.3, -0.25) is 0 Å². The molecule has 0 heterocycles. The van der Waals surface area contributed by atoms with E-state index >= 15 is 0 Å². The second-order valence-electron chi connectivity index (χ2n) is 4.47. The van der Waals surface area contributed by atoms with Crippen molar-refractivity contribution in [1.29, 1.82) is 0 Å². The number of oxime groups is 1. The molecule has 1 N–H and O–H groups in total. The highest BCUT2D eigenvalue weighted by Gasteiger charge is 2.20. The van der Waals surface area contributed by atoms with Crippen LogP contribution in [0.1, 0.15) is 18.1 Å². The first-order valence-electron chi connectivity index (χ1n) is 6.70. The lowest BCUT2D eigenvalue weighted by molar-refractivity contribution is 0.319. The summed E-state index contributed by atoms with van der Waals surface area (Å²) in [6.45, 7) is 2.21. The molecule has 2 aromatic carbocycles. The number of ether oxygens (including phenoxy) is 2. The van der Waals surface area contributed by atoms with Crippen LogP contribution in [0.25, 0.3) is 0 Å². The maximum absolute atomic E-state index is 14.3. The molecule has 0 saturated heterocycles. The molecule has 0 saturated carbocycles. The van der Waals surface area contributed by atoms with Gasteiger partial charge in [-0.1, -0.05) is 28.4 Å². The van der Waals surface area contributed by atoms with Gasteiger partial charge in [0.25, 0.3) is 0 Å². The van der Waals surface area contributed by atoms with E-state index in [0.29, 0.717) is 18.1 Å². The zero-order valence-corrected chi connectivity index (χ0v) is 14.0. The van der Waals surface area contributed by atoms with Gasteiger partial charge >= 0.3 is 0 Å². The molecule has 23 heavy (non-hydrogen) atoms. The Balaban J connectivity index is 2.52. The Morgan fingerprint density at radius 1 is 1.17 bits per heavy atom. The van der Waals surface area contributed by atoms with E-state index < -0.39 is 5.82 Å². The van der Waals surface area contributed by atoms with Crippen LogP contribution in [0.3, 0.4) is 0 Å². The van der Waals surface area contributed by atoms with E-state index in [0.717, 1.165) is 0 Å². The van der Waals surface area contributed by atoms with Crippen LogP contribution >= 0.6 is 23.2 Å². The van der Waals surface area contributed by atoms with Gasteiger partial charge in [0.1, 0.15) is 28.1 Å². The van der Waals surface area contributed by atoms with E-state index in [1.165, 1.54) is 25.3 Å². The molecule has 0 aliphatic rings. The van der Waals surface area contributed by atoms with E-state index in [1.54, 1.807) is 19.1 Å². The third-order valence-corrected chi connectivity index (χ3v) is 3.99. The topological polar surface area (TPSA) is 51.0 Å². The fraction of sp³-hybridized carbons (Fsp3) is 0.188. The third-order valence-electron chi connectivity index (χ3n) is 3.13. The van der Waals surface area contributed by atoms with Crippen LogP contribution in [-0.2, 0) is 0 Å². The van der Waals surface area contributed by atoms with Crippen molar-refractivity contribution in [2.45, 2.75) is 6.92 Å². The molecule has 2 aromatic rings. The maximum Gasteiger partial charge on any atom is 0.139 e. The van der Waals surface area contributed by atoms with Crippen LogP contribution in [0.5, 0.6) is 11.5 Å². The Kier molecular flexibility index (Phi) is 5.69. The van der Waals surface area contributed by atoms with Gasteiger partial charge in [0.05, 0.1) is 18.7 Å². The summed E-state index contributed by atoms with van der Waals surface area (Å²) in [6.07, 6.45) is 0. The van der Waals surface area contributed by atoms with Crippen LogP contribution in [-0.4, -0.2) is 24.6 Å². The van der Waals surface area contributed by atoms with Gasteiger partial charge in [0.15, 0.2) is 0 Å². The Labute approximate surface area is 143 Å². The fourth-order valence-corrected chi connectivity index (χ4v) is 2.56. The van der Waals surface area contributed by atoms with Crippen molar-refractivity contribution >= 4 is 28.9 Å². The Hall–Kier alpha value is -1.98. The number of nitrogens with zero attached hydrogens (tertiary/aromatic N) is 1. The molecular formula is C16H14Cl2FNO3. The van der Waals surface area contributed by atoms with Crippen LogP contribution in [0.4, 0.5) is 4.39 Å². The van der Waals surface area contributed by atoms with Crippen molar-refractivity contribution in [1.82, 2.24) is 0 Å². The van der Waals surface area contributed by atoms with Crippen molar-refractivity contribution in [3.8, 4) is 11.5 Å². The quantitative estimate of drug-likeness (QED) is 0.476. The second kappa shape index (κ2) is 7.53. The smallest absolute Gasteiger partial charge is 0.139 e. The number of benzene rings is 2. The van der Waals surface area contributed by atoms with Gasteiger partial charge in [-0.05, 0) is 31.2 Å². The predicted molar refractivity (Wildman–Crippen MR) is 88.0 cm³/mol. The van der Waals surface area contributed by atoms with Crippen LogP contribution in [0.15, 0.2) is 35.5 Å². The van der Waals surface area contributed by atoms with Gasteiger partial charge in [0, 0.05) is 17.2 Å². The Bertz CT molecular complexity index is 750. The van der Waals surface area contributed by atoms with Crippen LogP contribution in [0, 0.1) is 5.82 Å². The molecular weight excluding hydrogens is 344 g/mol. The first-order chi connectivity index (χ1) is 11.0. The minimum atomic E-state index is -0.605. The first kappa shape index (κ1) is 17.4. The van der Waals surface area contributed by atoms with Crippen molar-refractivity contribution < 1.29 is 19.1 Å². The molecule has 0 aromatic heterocycles. The molecule has 0 spiro atoms. The predicted octanol–water partition coefficient (Wildman–Crippen LogP) is 4.77.